The van der Waals surface area contributed by atoms with Crippen molar-refractivity contribution in [2.75, 3.05) is 4.90 Å². The minimum atomic E-state index is -0.389. The summed E-state index contributed by atoms with van der Waals surface area (Å²) in [6.07, 6.45) is 1.91. The Labute approximate surface area is 182 Å². The van der Waals surface area contributed by atoms with Crippen LogP contribution < -0.4 is 4.90 Å². The largest absolute Gasteiger partial charge is 0.282 e. The van der Waals surface area contributed by atoms with Gasteiger partial charge in [0, 0.05) is 6.20 Å². The number of thiazole rings is 1. The number of anilines is 1. The predicted octanol–water partition coefficient (Wildman–Crippen LogP) is 5.76. The number of para-hydroxylation sites is 1. The van der Waals surface area contributed by atoms with Crippen molar-refractivity contribution in [2.45, 2.75) is 13.0 Å². The van der Waals surface area contributed by atoms with E-state index in [1.165, 1.54) is 17.4 Å². The van der Waals surface area contributed by atoms with Crippen molar-refractivity contribution >= 4 is 43.4 Å². The van der Waals surface area contributed by atoms with Crippen molar-refractivity contribution in [3.63, 3.8) is 0 Å². The predicted molar refractivity (Wildman–Crippen MR) is 123 cm³/mol. The maximum atomic E-state index is 14.2. The molecular weight excluding hydrogens is 409 g/mol. The fourth-order valence-corrected chi connectivity index (χ4v) is 4.55. The van der Waals surface area contributed by atoms with Crippen LogP contribution >= 0.6 is 11.3 Å². The fourth-order valence-electron chi connectivity index (χ4n) is 3.55. The van der Waals surface area contributed by atoms with Crippen molar-refractivity contribution in [1.29, 1.82) is 0 Å². The van der Waals surface area contributed by atoms with Gasteiger partial charge in [0.2, 0.25) is 5.91 Å². The van der Waals surface area contributed by atoms with Gasteiger partial charge in [-0.05, 0) is 40.6 Å². The third-order valence-electron chi connectivity index (χ3n) is 5.11. The van der Waals surface area contributed by atoms with Gasteiger partial charge in [-0.15, -0.1) is 0 Å². The molecule has 6 heteroatoms. The van der Waals surface area contributed by atoms with Crippen LogP contribution in [-0.4, -0.2) is 15.9 Å². The highest BCUT2D eigenvalue weighted by Gasteiger charge is 2.22. The molecule has 0 bridgehead atoms. The molecule has 2 heterocycles. The summed E-state index contributed by atoms with van der Waals surface area (Å²) in [5.74, 6) is -0.500. The first-order chi connectivity index (χ1) is 15.2. The number of benzene rings is 3. The topological polar surface area (TPSA) is 46.1 Å². The van der Waals surface area contributed by atoms with Crippen LogP contribution in [0.3, 0.4) is 0 Å². The van der Waals surface area contributed by atoms with Gasteiger partial charge in [-0.2, -0.15) is 0 Å². The molecule has 0 N–H and O–H groups in total. The Morgan fingerprint density at radius 1 is 0.935 bits per heavy atom. The third-order valence-corrected chi connectivity index (χ3v) is 6.15. The Hall–Kier alpha value is -3.64. The summed E-state index contributed by atoms with van der Waals surface area (Å²) in [4.78, 5) is 23.8. The third kappa shape index (κ3) is 4.02. The lowest BCUT2D eigenvalue weighted by molar-refractivity contribution is -0.118. The number of aromatic nitrogens is 2. The number of amides is 1. The second-order valence-electron chi connectivity index (χ2n) is 7.24. The standard InChI is InChI=1S/C25H18FN3OS/c26-21-9-5-10-22-24(21)28-25(31-22)29(16-20-8-3-4-13-27-20)23(30)15-17-11-12-18-6-1-2-7-19(18)14-17/h1-14H,15-16H2. The van der Waals surface area contributed by atoms with E-state index in [9.17, 15) is 9.18 Å². The van der Waals surface area contributed by atoms with E-state index in [1.54, 1.807) is 17.2 Å². The Morgan fingerprint density at radius 2 is 1.77 bits per heavy atom. The second-order valence-corrected chi connectivity index (χ2v) is 8.25. The lowest BCUT2D eigenvalue weighted by Gasteiger charge is -2.19. The van der Waals surface area contributed by atoms with Gasteiger partial charge in [0.15, 0.2) is 5.13 Å². The minimum absolute atomic E-state index is 0.111. The number of fused-ring (bicyclic) bond motifs is 2. The maximum Gasteiger partial charge on any atom is 0.233 e. The molecule has 0 atom stereocenters. The van der Waals surface area contributed by atoms with Crippen molar-refractivity contribution < 1.29 is 9.18 Å². The summed E-state index contributed by atoms with van der Waals surface area (Å²) < 4.78 is 14.9. The van der Waals surface area contributed by atoms with Crippen molar-refractivity contribution in [1.82, 2.24) is 9.97 Å². The molecule has 152 valence electrons. The molecule has 0 aliphatic heterocycles. The molecule has 5 aromatic rings. The number of hydrogen-bond acceptors (Lipinski definition) is 4. The van der Waals surface area contributed by atoms with Crippen LogP contribution in [0, 0.1) is 5.82 Å². The molecule has 4 nitrogen and oxygen atoms in total. The van der Waals surface area contributed by atoms with Gasteiger partial charge in [-0.25, -0.2) is 9.37 Å². The molecule has 5 rings (SSSR count). The second kappa shape index (κ2) is 8.24. The van der Waals surface area contributed by atoms with Crippen LogP contribution in [0.1, 0.15) is 11.3 Å². The molecule has 0 fully saturated rings. The van der Waals surface area contributed by atoms with Crippen LogP contribution in [-0.2, 0) is 17.8 Å². The average Bonchev–Trinajstić information content (AvgIpc) is 3.23. The molecule has 0 spiro atoms. The summed E-state index contributed by atoms with van der Waals surface area (Å²) in [6, 6.07) is 24.5. The van der Waals surface area contributed by atoms with Crippen molar-refractivity contribution in [2.24, 2.45) is 0 Å². The number of rotatable bonds is 5. The van der Waals surface area contributed by atoms with E-state index < -0.39 is 0 Å². The van der Waals surface area contributed by atoms with E-state index >= 15 is 0 Å². The summed E-state index contributed by atoms with van der Waals surface area (Å²) in [7, 11) is 0. The van der Waals surface area contributed by atoms with E-state index in [0.717, 1.165) is 22.0 Å². The SMILES string of the molecule is O=C(Cc1ccc2ccccc2c1)N(Cc1ccccn1)c1nc2c(F)cccc2s1. The monoisotopic (exact) mass is 427 g/mol. The number of halogens is 1. The number of carbonyl (C=O) groups excluding carboxylic acids is 1. The maximum absolute atomic E-state index is 14.2. The molecule has 0 aliphatic carbocycles. The molecule has 2 aromatic heterocycles. The zero-order chi connectivity index (χ0) is 21.2. The zero-order valence-corrected chi connectivity index (χ0v) is 17.3. The molecular formula is C25H18FN3OS. The number of nitrogens with zero attached hydrogens (tertiary/aromatic N) is 3. The molecule has 31 heavy (non-hydrogen) atoms. The van der Waals surface area contributed by atoms with Gasteiger partial charge in [-0.3, -0.25) is 14.7 Å². The van der Waals surface area contributed by atoms with Crippen LogP contribution in [0.4, 0.5) is 9.52 Å². The van der Waals surface area contributed by atoms with Crippen LogP contribution in [0.25, 0.3) is 21.0 Å². The van der Waals surface area contributed by atoms with Gasteiger partial charge < -0.3 is 0 Å². The Kier molecular flexibility index (Phi) is 5.14. The summed E-state index contributed by atoms with van der Waals surface area (Å²) >= 11 is 1.31. The lowest BCUT2D eigenvalue weighted by atomic mass is 10.0. The average molecular weight is 428 g/mol. The van der Waals surface area contributed by atoms with Crippen LogP contribution in [0.5, 0.6) is 0 Å². The highest BCUT2D eigenvalue weighted by Crippen LogP contribution is 2.31. The number of carbonyl (C=O) groups is 1. The van der Waals surface area contributed by atoms with Gasteiger partial charge in [0.25, 0.3) is 0 Å². The fraction of sp³-hybridized carbons (Fsp3) is 0.0800. The Bertz CT molecular complexity index is 1380. The highest BCUT2D eigenvalue weighted by atomic mass is 32.1. The molecule has 0 saturated carbocycles. The summed E-state index contributed by atoms with van der Waals surface area (Å²) in [6.45, 7) is 0.273. The quantitative estimate of drug-likeness (QED) is 0.358. The molecule has 1 amide bonds. The minimum Gasteiger partial charge on any atom is -0.282 e. The van der Waals surface area contributed by atoms with E-state index in [2.05, 4.69) is 9.97 Å². The van der Waals surface area contributed by atoms with Gasteiger partial charge in [0.1, 0.15) is 11.3 Å². The van der Waals surface area contributed by atoms with Crippen LogP contribution in [0.2, 0.25) is 0 Å². The van der Waals surface area contributed by atoms with E-state index in [-0.39, 0.29) is 30.2 Å². The lowest BCUT2D eigenvalue weighted by Crippen LogP contribution is -2.32. The number of hydrogen-bond donors (Lipinski definition) is 0. The smallest absolute Gasteiger partial charge is 0.233 e. The van der Waals surface area contributed by atoms with Crippen molar-refractivity contribution in [3.8, 4) is 0 Å². The highest BCUT2D eigenvalue weighted by molar-refractivity contribution is 7.22. The first-order valence-electron chi connectivity index (χ1n) is 9.90. The van der Waals surface area contributed by atoms with Gasteiger partial charge >= 0.3 is 0 Å². The molecule has 0 aliphatic rings. The summed E-state index contributed by atoms with van der Waals surface area (Å²) in [5.41, 5.74) is 1.95. The molecule has 0 unspecified atom stereocenters. The number of pyridine rings is 1. The van der Waals surface area contributed by atoms with Crippen molar-refractivity contribution in [3.05, 3.63) is 102 Å². The zero-order valence-electron chi connectivity index (χ0n) is 16.5. The van der Waals surface area contributed by atoms with E-state index in [0.29, 0.717) is 9.83 Å². The molecule has 3 aromatic carbocycles. The Balaban J connectivity index is 1.50. The van der Waals surface area contributed by atoms with Gasteiger partial charge in [-0.1, -0.05) is 65.9 Å². The molecule has 0 radical (unpaired) electrons. The van der Waals surface area contributed by atoms with Crippen LogP contribution in [0.15, 0.2) is 85.1 Å². The normalized spacial score (nSPS) is 11.1. The first kappa shape index (κ1) is 19.3. The first-order valence-corrected chi connectivity index (χ1v) is 10.7. The summed E-state index contributed by atoms with van der Waals surface area (Å²) in [5, 5.41) is 2.69. The Morgan fingerprint density at radius 3 is 2.58 bits per heavy atom. The molecule has 0 saturated heterocycles. The van der Waals surface area contributed by atoms with E-state index in [1.807, 2.05) is 66.7 Å². The van der Waals surface area contributed by atoms with Gasteiger partial charge in [0.05, 0.1) is 23.4 Å². The van der Waals surface area contributed by atoms with E-state index in [4.69, 9.17) is 0 Å².